The quantitative estimate of drug-likeness (QED) is 0.689. The van der Waals surface area contributed by atoms with Gasteiger partial charge in [-0.2, -0.15) is 0 Å². The summed E-state index contributed by atoms with van der Waals surface area (Å²) in [6.45, 7) is 0.507. The Morgan fingerprint density at radius 1 is 1.25 bits per heavy atom. The van der Waals surface area contributed by atoms with Gasteiger partial charge < -0.3 is 10.1 Å². The van der Waals surface area contributed by atoms with Crippen LogP contribution in [0.3, 0.4) is 0 Å². The molecule has 0 fully saturated rings. The van der Waals surface area contributed by atoms with Crippen molar-refractivity contribution in [3.63, 3.8) is 0 Å². The first-order valence-corrected chi connectivity index (χ1v) is 7.68. The fourth-order valence-electron chi connectivity index (χ4n) is 1.78. The topological polar surface area (TPSA) is 21.3 Å². The van der Waals surface area contributed by atoms with Crippen molar-refractivity contribution >= 4 is 49.1 Å². The number of rotatable bonds is 4. The van der Waals surface area contributed by atoms with E-state index in [9.17, 15) is 4.39 Å². The predicted molar refractivity (Wildman–Crippen MR) is 87.1 cm³/mol. The highest BCUT2D eigenvalue weighted by atomic mass is 79.9. The standard InChI is InChI=1S/C14H11Br2ClFNO/c1-20-13-3-2-9(15)4-8(13)7-19-14-11(16)5-10(18)6-12(14)17/h2-6,19H,7H2,1H3. The maximum atomic E-state index is 13.2. The highest BCUT2D eigenvalue weighted by Gasteiger charge is 2.09. The van der Waals surface area contributed by atoms with Gasteiger partial charge in [-0.25, -0.2) is 4.39 Å². The highest BCUT2D eigenvalue weighted by Crippen LogP contribution is 2.33. The van der Waals surface area contributed by atoms with Crippen LogP contribution in [0.2, 0.25) is 5.02 Å². The first-order valence-electron chi connectivity index (χ1n) is 5.72. The van der Waals surface area contributed by atoms with Crippen LogP contribution in [0.4, 0.5) is 10.1 Å². The lowest BCUT2D eigenvalue weighted by Crippen LogP contribution is -2.03. The van der Waals surface area contributed by atoms with Crippen molar-refractivity contribution in [2.24, 2.45) is 0 Å². The Morgan fingerprint density at radius 3 is 2.65 bits per heavy atom. The first kappa shape index (κ1) is 15.6. The molecule has 0 aliphatic rings. The van der Waals surface area contributed by atoms with E-state index in [1.807, 2.05) is 18.2 Å². The number of anilines is 1. The molecule has 0 aromatic heterocycles. The van der Waals surface area contributed by atoms with E-state index in [1.165, 1.54) is 12.1 Å². The molecule has 20 heavy (non-hydrogen) atoms. The van der Waals surface area contributed by atoms with Gasteiger partial charge in [0.15, 0.2) is 0 Å². The summed E-state index contributed by atoms with van der Waals surface area (Å²) < 4.78 is 20.0. The number of nitrogens with one attached hydrogen (secondary N) is 1. The normalized spacial score (nSPS) is 10.4. The molecular formula is C14H11Br2ClFNO. The zero-order valence-corrected chi connectivity index (χ0v) is 14.4. The number of hydrogen-bond donors (Lipinski definition) is 1. The average Bonchev–Trinajstić information content (AvgIpc) is 2.37. The summed E-state index contributed by atoms with van der Waals surface area (Å²) in [6, 6.07) is 8.38. The molecule has 2 aromatic rings. The van der Waals surface area contributed by atoms with Gasteiger partial charge in [0.1, 0.15) is 11.6 Å². The summed E-state index contributed by atoms with van der Waals surface area (Å²) in [6.07, 6.45) is 0. The van der Waals surface area contributed by atoms with Crippen LogP contribution in [0.5, 0.6) is 5.75 Å². The summed E-state index contributed by atoms with van der Waals surface area (Å²) >= 11 is 12.7. The van der Waals surface area contributed by atoms with Crippen LogP contribution in [0.25, 0.3) is 0 Å². The van der Waals surface area contributed by atoms with E-state index in [2.05, 4.69) is 37.2 Å². The zero-order chi connectivity index (χ0) is 14.7. The second-order valence-electron chi connectivity index (χ2n) is 4.05. The molecule has 0 saturated heterocycles. The van der Waals surface area contributed by atoms with Crippen molar-refractivity contribution < 1.29 is 9.13 Å². The Morgan fingerprint density at radius 2 is 2.00 bits per heavy atom. The predicted octanol–water partition coefficient (Wildman–Crippen LogP) is 5.62. The van der Waals surface area contributed by atoms with Crippen LogP contribution in [-0.2, 0) is 6.54 Å². The second kappa shape index (κ2) is 6.78. The molecule has 2 aromatic carbocycles. The zero-order valence-electron chi connectivity index (χ0n) is 10.5. The molecule has 106 valence electrons. The van der Waals surface area contributed by atoms with Gasteiger partial charge in [0.05, 0.1) is 17.8 Å². The third-order valence-electron chi connectivity index (χ3n) is 2.70. The molecule has 2 nitrogen and oxygen atoms in total. The molecule has 0 saturated carbocycles. The minimum absolute atomic E-state index is 0.325. The van der Waals surface area contributed by atoms with Gasteiger partial charge in [0, 0.05) is 21.1 Å². The van der Waals surface area contributed by atoms with Crippen LogP contribution >= 0.6 is 43.5 Å². The summed E-state index contributed by atoms with van der Waals surface area (Å²) in [7, 11) is 1.62. The van der Waals surface area contributed by atoms with Crippen molar-refractivity contribution in [1.82, 2.24) is 0 Å². The summed E-state index contributed by atoms with van der Waals surface area (Å²) in [5, 5.41) is 3.51. The van der Waals surface area contributed by atoms with Crippen LogP contribution < -0.4 is 10.1 Å². The van der Waals surface area contributed by atoms with Gasteiger partial charge >= 0.3 is 0 Å². The van der Waals surface area contributed by atoms with E-state index in [4.69, 9.17) is 16.3 Å². The lowest BCUT2D eigenvalue weighted by molar-refractivity contribution is 0.410. The number of halogens is 4. The molecule has 0 aliphatic carbocycles. The van der Waals surface area contributed by atoms with Gasteiger partial charge in [-0.15, -0.1) is 0 Å². The van der Waals surface area contributed by atoms with Crippen molar-refractivity contribution in [2.75, 3.05) is 12.4 Å². The van der Waals surface area contributed by atoms with Gasteiger partial charge in [-0.3, -0.25) is 0 Å². The molecular weight excluding hydrogens is 412 g/mol. The van der Waals surface area contributed by atoms with Gasteiger partial charge in [0.25, 0.3) is 0 Å². The summed E-state index contributed by atoms with van der Waals surface area (Å²) in [5.41, 5.74) is 1.62. The molecule has 2 rings (SSSR count). The van der Waals surface area contributed by atoms with Crippen LogP contribution in [0, 0.1) is 5.82 Å². The molecule has 0 unspecified atom stereocenters. The Balaban J connectivity index is 2.23. The number of benzene rings is 2. The minimum Gasteiger partial charge on any atom is -0.496 e. The fraction of sp³-hybridized carbons (Fsp3) is 0.143. The van der Waals surface area contributed by atoms with E-state index in [0.29, 0.717) is 21.7 Å². The molecule has 0 heterocycles. The largest absolute Gasteiger partial charge is 0.496 e. The molecule has 1 N–H and O–H groups in total. The molecule has 6 heteroatoms. The fourth-order valence-corrected chi connectivity index (χ4v) is 3.15. The molecule has 0 aliphatic heterocycles. The third kappa shape index (κ3) is 3.65. The lowest BCUT2D eigenvalue weighted by Gasteiger charge is -2.13. The van der Waals surface area contributed by atoms with Crippen molar-refractivity contribution in [2.45, 2.75) is 6.54 Å². The number of methoxy groups -OCH3 is 1. The SMILES string of the molecule is COc1ccc(Br)cc1CNc1c(Cl)cc(F)cc1Br. The van der Waals surface area contributed by atoms with E-state index in [1.54, 1.807) is 7.11 Å². The molecule has 0 atom stereocenters. The van der Waals surface area contributed by atoms with Gasteiger partial charge in [0.2, 0.25) is 0 Å². The van der Waals surface area contributed by atoms with Gasteiger partial charge in [-0.1, -0.05) is 27.5 Å². The first-order chi connectivity index (χ1) is 9.51. The minimum atomic E-state index is -0.382. The molecule has 0 amide bonds. The van der Waals surface area contributed by atoms with Gasteiger partial charge in [-0.05, 0) is 46.3 Å². The van der Waals surface area contributed by atoms with E-state index in [-0.39, 0.29) is 5.82 Å². The highest BCUT2D eigenvalue weighted by molar-refractivity contribution is 9.10. The summed E-state index contributed by atoms with van der Waals surface area (Å²) in [4.78, 5) is 0. The van der Waals surface area contributed by atoms with E-state index in [0.717, 1.165) is 15.8 Å². The van der Waals surface area contributed by atoms with Crippen molar-refractivity contribution in [3.8, 4) is 5.75 Å². The van der Waals surface area contributed by atoms with E-state index >= 15 is 0 Å². The molecule has 0 spiro atoms. The Labute approximate surface area is 138 Å². The van der Waals surface area contributed by atoms with Crippen LogP contribution in [-0.4, -0.2) is 7.11 Å². The number of ether oxygens (including phenoxy) is 1. The smallest absolute Gasteiger partial charge is 0.125 e. The van der Waals surface area contributed by atoms with Crippen LogP contribution in [0.1, 0.15) is 5.56 Å². The monoisotopic (exact) mass is 421 g/mol. The average molecular weight is 424 g/mol. The summed E-state index contributed by atoms with van der Waals surface area (Å²) in [5.74, 6) is 0.391. The lowest BCUT2D eigenvalue weighted by atomic mass is 10.2. The Hall–Kier alpha value is -0.780. The Kier molecular flexibility index (Phi) is 5.29. The molecule has 0 bridgehead atoms. The van der Waals surface area contributed by atoms with Crippen molar-refractivity contribution in [3.05, 3.63) is 55.7 Å². The number of hydrogen-bond acceptors (Lipinski definition) is 2. The Bertz CT molecular complexity index is 614. The maximum Gasteiger partial charge on any atom is 0.125 e. The maximum absolute atomic E-state index is 13.2. The second-order valence-corrected chi connectivity index (χ2v) is 6.23. The van der Waals surface area contributed by atoms with Crippen molar-refractivity contribution in [1.29, 1.82) is 0 Å². The van der Waals surface area contributed by atoms with E-state index < -0.39 is 0 Å². The molecule has 0 radical (unpaired) electrons. The van der Waals surface area contributed by atoms with Crippen LogP contribution in [0.15, 0.2) is 39.3 Å². The third-order valence-corrected chi connectivity index (χ3v) is 4.12.